The van der Waals surface area contributed by atoms with Crippen molar-refractivity contribution >= 4 is 27.5 Å². The lowest BCUT2D eigenvalue weighted by Crippen LogP contribution is -2.47. The summed E-state index contributed by atoms with van der Waals surface area (Å²) < 4.78 is 1.03. The van der Waals surface area contributed by atoms with Gasteiger partial charge in [0.05, 0.1) is 5.69 Å². The summed E-state index contributed by atoms with van der Waals surface area (Å²) >= 11 is 3.66. The molecule has 0 amide bonds. The highest BCUT2D eigenvalue weighted by Gasteiger charge is 2.33. The van der Waals surface area contributed by atoms with Crippen LogP contribution in [0.4, 0.5) is 5.69 Å². The molecule has 1 aromatic carbocycles. The molecule has 5 heteroatoms. The Morgan fingerprint density at radius 2 is 2.00 bits per heavy atom. The summed E-state index contributed by atoms with van der Waals surface area (Å²) in [6.45, 7) is 1.13. The normalized spacial score (nSPS) is 26.5. The number of anilines is 1. The molecule has 0 bridgehead atoms. The first-order valence-electron chi connectivity index (χ1n) is 7.75. The maximum atomic E-state index is 8.79. The molecule has 4 nitrogen and oxygen atoms in total. The van der Waals surface area contributed by atoms with Crippen molar-refractivity contribution in [2.45, 2.75) is 44.6 Å². The lowest BCUT2D eigenvalue weighted by molar-refractivity contribution is 0.243. The Morgan fingerprint density at radius 3 is 2.76 bits per heavy atom. The second-order valence-electron chi connectivity index (χ2n) is 6.10. The van der Waals surface area contributed by atoms with Crippen molar-refractivity contribution in [3.63, 3.8) is 0 Å². The minimum atomic E-state index is 0.149. The smallest absolute Gasteiger partial charge is 0.170 e. The third kappa shape index (κ3) is 2.89. The van der Waals surface area contributed by atoms with E-state index in [4.69, 9.17) is 10.9 Å². The highest BCUT2D eigenvalue weighted by atomic mass is 79.9. The van der Waals surface area contributed by atoms with E-state index in [1.807, 2.05) is 12.1 Å². The number of piperidine rings is 1. The number of nitrogens with zero attached hydrogens (tertiary/aromatic N) is 2. The fourth-order valence-electron chi connectivity index (χ4n) is 3.88. The van der Waals surface area contributed by atoms with Gasteiger partial charge in [0.15, 0.2) is 5.84 Å². The van der Waals surface area contributed by atoms with E-state index < -0.39 is 0 Å². The van der Waals surface area contributed by atoms with Gasteiger partial charge in [-0.15, -0.1) is 0 Å². The van der Waals surface area contributed by atoms with Crippen LogP contribution in [-0.4, -0.2) is 23.6 Å². The number of halogens is 1. The second kappa shape index (κ2) is 6.26. The Morgan fingerprint density at radius 1 is 1.24 bits per heavy atom. The molecule has 0 spiro atoms. The van der Waals surface area contributed by atoms with Gasteiger partial charge in [0, 0.05) is 22.6 Å². The molecule has 0 unspecified atom stereocenters. The van der Waals surface area contributed by atoms with Crippen LogP contribution in [0.3, 0.4) is 0 Å². The maximum absolute atomic E-state index is 8.79. The second-order valence-corrected chi connectivity index (χ2v) is 6.95. The summed E-state index contributed by atoms with van der Waals surface area (Å²) in [5.74, 6) is 1.000. The molecule has 1 saturated heterocycles. The van der Waals surface area contributed by atoms with Crippen molar-refractivity contribution in [2.24, 2.45) is 16.8 Å². The number of nitrogens with two attached hydrogens (primary N) is 1. The van der Waals surface area contributed by atoms with Crippen LogP contribution in [0.2, 0.25) is 0 Å². The highest BCUT2D eigenvalue weighted by Crippen LogP contribution is 2.40. The van der Waals surface area contributed by atoms with Gasteiger partial charge in [0.1, 0.15) is 0 Å². The number of rotatable bonds is 2. The number of hydrogen-bond donors (Lipinski definition) is 2. The predicted octanol–water partition coefficient (Wildman–Crippen LogP) is 3.70. The fraction of sp³-hybridized carbons (Fsp3) is 0.562. The van der Waals surface area contributed by atoms with Crippen LogP contribution in [0.5, 0.6) is 0 Å². The molecular weight excluding hydrogens is 330 g/mol. The van der Waals surface area contributed by atoms with E-state index in [-0.39, 0.29) is 5.84 Å². The number of oxime groups is 1. The monoisotopic (exact) mass is 351 g/mol. The van der Waals surface area contributed by atoms with Crippen molar-refractivity contribution in [3.05, 3.63) is 28.2 Å². The topological polar surface area (TPSA) is 61.9 Å². The van der Waals surface area contributed by atoms with Crippen LogP contribution in [0.1, 0.15) is 44.1 Å². The summed E-state index contributed by atoms with van der Waals surface area (Å²) in [5.41, 5.74) is 7.64. The van der Waals surface area contributed by atoms with Crippen molar-refractivity contribution in [2.75, 3.05) is 11.4 Å². The van der Waals surface area contributed by atoms with Crippen molar-refractivity contribution in [1.82, 2.24) is 0 Å². The third-order valence-electron chi connectivity index (χ3n) is 4.90. The molecule has 1 aliphatic carbocycles. The van der Waals surface area contributed by atoms with E-state index in [1.54, 1.807) is 0 Å². The zero-order valence-electron chi connectivity index (χ0n) is 12.1. The summed E-state index contributed by atoms with van der Waals surface area (Å²) in [7, 11) is 0. The van der Waals surface area contributed by atoms with Gasteiger partial charge < -0.3 is 15.8 Å². The molecule has 1 aromatic rings. The number of benzene rings is 1. The molecule has 1 saturated carbocycles. The molecule has 0 aromatic heterocycles. The first-order valence-corrected chi connectivity index (χ1v) is 8.54. The lowest BCUT2D eigenvalue weighted by atomic mass is 9.78. The zero-order valence-corrected chi connectivity index (χ0v) is 13.7. The Hall–Kier alpha value is -1.23. The third-order valence-corrected chi connectivity index (χ3v) is 5.54. The van der Waals surface area contributed by atoms with Gasteiger partial charge in [-0.1, -0.05) is 18.0 Å². The van der Waals surface area contributed by atoms with E-state index >= 15 is 0 Å². The largest absolute Gasteiger partial charge is 0.409 e. The van der Waals surface area contributed by atoms with Crippen LogP contribution in [-0.2, 0) is 0 Å². The average Bonchev–Trinajstić information content (AvgIpc) is 2.53. The van der Waals surface area contributed by atoms with Gasteiger partial charge in [-0.05, 0) is 65.7 Å². The van der Waals surface area contributed by atoms with Crippen molar-refractivity contribution < 1.29 is 5.21 Å². The SMILES string of the molecule is N/C(=N/O)c1ccc(N2CCC[C@H]3CCCC[C@H]32)c(Br)c1. The Labute approximate surface area is 134 Å². The molecule has 1 heterocycles. The molecule has 21 heavy (non-hydrogen) atoms. The highest BCUT2D eigenvalue weighted by molar-refractivity contribution is 9.10. The van der Waals surface area contributed by atoms with Gasteiger partial charge in [-0.2, -0.15) is 0 Å². The summed E-state index contributed by atoms with van der Waals surface area (Å²) in [6.07, 6.45) is 8.06. The molecule has 2 aliphatic rings. The molecule has 2 atom stereocenters. The van der Waals surface area contributed by atoms with Gasteiger partial charge in [0.25, 0.3) is 0 Å². The Bertz CT molecular complexity index is 544. The van der Waals surface area contributed by atoms with Crippen LogP contribution in [0.15, 0.2) is 27.8 Å². The quantitative estimate of drug-likeness (QED) is 0.369. The first kappa shape index (κ1) is 14.7. The molecular formula is C16H22BrN3O. The average molecular weight is 352 g/mol. The lowest BCUT2D eigenvalue weighted by Gasteiger charge is -2.45. The van der Waals surface area contributed by atoms with Gasteiger partial charge >= 0.3 is 0 Å². The minimum Gasteiger partial charge on any atom is -0.409 e. The van der Waals surface area contributed by atoms with Crippen molar-refractivity contribution in [3.8, 4) is 0 Å². The Balaban J connectivity index is 1.88. The van der Waals surface area contributed by atoms with Crippen LogP contribution >= 0.6 is 15.9 Å². The first-order chi connectivity index (χ1) is 10.2. The minimum absolute atomic E-state index is 0.149. The fourth-order valence-corrected chi connectivity index (χ4v) is 4.49. The van der Waals surface area contributed by atoms with E-state index in [0.717, 1.165) is 22.5 Å². The molecule has 114 valence electrons. The number of hydrogen-bond acceptors (Lipinski definition) is 3. The van der Waals surface area contributed by atoms with E-state index in [0.29, 0.717) is 6.04 Å². The predicted molar refractivity (Wildman–Crippen MR) is 89.0 cm³/mol. The van der Waals surface area contributed by atoms with E-state index in [1.165, 1.54) is 44.2 Å². The van der Waals surface area contributed by atoms with Crippen LogP contribution < -0.4 is 10.6 Å². The number of amidine groups is 1. The summed E-state index contributed by atoms with van der Waals surface area (Å²) in [4.78, 5) is 2.56. The van der Waals surface area contributed by atoms with Gasteiger partial charge in [0.2, 0.25) is 0 Å². The van der Waals surface area contributed by atoms with Gasteiger partial charge in [-0.3, -0.25) is 0 Å². The van der Waals surface area contributed by atoms with Crippen LogP contribution in [0.25, 0.3) is 0 Å². The molecule has 3 N–H and O–H groups in total. The molecule has 3 rings (SSSR count). The summed E-state index contributed by atoms with van der Waals surface area (Å²) in [5, 5.41) is 11.9. The van der Waals surface area contributed by atoms with E-state index in [2.05, 4.69) is 32.1 Å². The van der Waals surface area contributed by atoms with E-state index in [9.17, 15) is 0 Å². The zero-order chi connectivity index (χ0) is 14.8. The Kier molecular flexibility index (Phi) is 4.38. The molecule has 0 radical (unpaired) electrons. The maximum Gasteiger partial charge on any atom is 0.170 e. The number of fused-ring (bicyclic) bond motifs is 1. The van der Waals surface area contributed by atoms with Crippen molar-refractivity contribution in [1.29, 1.82) is 0 Å². The molecule has 1 aliphatic heterocycles. The summed E-state index contributed by atoms with van der Waals surface area (Å²) in [6, 6.07) is 6.64. The standard InChI is InChI=1S/C16H22BrN3O/c17-13-10-12(16(18)19-21)7-8-15(13)20-9-3-5-11-4-1-2-6-14(11)20/h7-8,10-11,14,21H,1-6,9H2,(H2,18,19)/t11-,14-/m1/s1. The van der Waals surface area contributed by atoms with Gasteiger partial charge in [-0.25, -0.2) is 0 Å². The molecule has 2 fully saturated rings. The van der Waals surface area contributed by atoms with Crippen LogP contribution in [0, 0.1) is 5.92 Å².